The minimum atomic E-state index is -1.05. The average Bonchev–Trinajstić information content (AvgIpc) is 2.95. The van der Waals surface area contributed by atoms with Crippen LogP contribution in [0, 0.1) is 0 Å². The second-order valence-electron chi connectivity index (χ2n) is 3.76. The number of hydrogen-bond acceptors (Lipinski definition) is 3. The van der Waals surface area contributed by atoms with Gasteiger partial charge in [-0.05, 0) is 25.7 Å². The zero-order chi connectivity index (χ0) is 11.3. The van der Waals surface area contributed by atoms with Gasteiger partial charge in [0.25, 0.3) is 0 Å². The Morgan fingerprint density at radius 1 is 1.47 bits per heavy atom. The molecule has 1 unspecified atom stereocenters. The van der Waals surface area contributed by atoms with Gasteiger partial charge in [-0.25, -0.2) is 4.79 Å². The fourth-order valence-electron chi connectivity index (χ4n) is 1.18. The first kappa shape index (κ1) is 11.8. The summed E-state index contributed by atoms with van der Waals surface area (Å²) in [6.45, 7) is 0.333. The maximum absolute atomic E-state index is 11.3. The zero-order valence-corrected chi connectivity index (χ0v) is 8.53. The number of amides is 2. The topological polar surface area (TPSA) is 104 Å². The lowest BCUT2D eigenvalue weighted by molar-refractivity contribution is -0.122. The standard InChI is InChI=1S/C9H17N3O3/c10-7(2-1-5-11-9(14)15)8(13)12-6-3-4-6/h6-7,11H,1-5,10H2,(H,12,13)(H,14,15). The van der Waals surface area contributed by atoms with Crippen LogP contribution in [0.1, 0.15) is 25.7 Å². The second kappa shape index (κ2) is 5.55. The third kappa shape index (κ3) is 5.21. The molecule has 0 aromatic rings. The molecule has 1 aliphatic carbocycles. The lowest BCUT2D eigenvalue weighted by Crippen LogP contribution is -2.41. The van der Waals surface area contributed by atoms with E-state index < -0.39 is 12.1 Å². The van der Waals surface area contributed by atoms with Crippen molar-refractivity contribution in [2.24, 2.45) is 5.73 Å². The Hall–Kier alpha value is -1.30. The van der Waals surface area contributed by atoms with Crippen LogP contribution in [0.4, 0.5) is 4.79 Å². The molecular weight excluding hydrogens is 198 g/mol. The number of carbonyl (C=O) groups is 2. The zero-order valence-electron chi connectivity index (χ0n) is 8.53. The molecule has 0 aromatic carbocycles. The van der Waals surface area contributed by atoms with Crippen molar-refractivity contribution in [1.82, 2.24) is 10.6 Å². The highest BCUT2D eigenvalue weighted by Crippen LogP contribution is 2.18. The molecule has 5 N–H and O–H groups in total. The molecule has 0 radical (unpaired) electrons. The van der Waals surface area contributed by atoms with Gasteiger partial charge in [-0.1, -0.05) is 0 Å². The van der Waals surface area contributed by atoms with E-state index in [1.54, 1.807) is 0 Å². The van der Waals surface area contributed by atoms with E-state index in [1.807, 2.05) is 0 Å². The van der Waals surface area contributed by atoms with Gasteiger partial charge in [0, 0.05) is 12.6 Å². The van der Waals surface area contributed by atoms with E-state index in [2.05, 4.69) is 10.6 Å². The number of nitrogens with one attached hydrogen (secondary N) is 2. The van der Waals surface area contributed by atoms with Gasteiger partial charge in [0.05, 0.1) is 6.04 Å². The summed E-state index contributed by atoms with van der Waals surface area (Å²) in [5.41, 5.74) is 5.62. The van der Waals surface area contributed by atoms with Crippen LogP contribution >= 0.6 is 0 Å². The number of carboxylic acid groups (broad SMARTS) is 1. The monoisotopic (exact) mass is 215 g/mol. The Labute approximate surface area is 88.2 Å². The predicted octanol–water partition coefficient (Wildman–Crippen LogP) is -0.360. The lowest BCUT2D eigenvalue weighted by Gasteiger charge is -2.11. The van der Waals surface area contributed by atoms with E-state index in [-0.39, 0.29) is 5.91 Å². The number of nitrogens with two attached hydrogens (primary N) is 1. The molecule has 2 amide bonds. The lowest BCUT2D eigenvalue weighted by atomic mass is 10.1. The van der Waals surface area contributed by atoms with E-state index >= 15 is 0 Å². The highest BCUT2D eigenvalue weighted by molar-refractivity contribution is 5.81. The molecule has 1 saturated carbocycles. The van der Waals surface area contributed by atoms with Crippen molar-refractivity contribution >= 4 is 12.0 Å². The van der Waals surface area contributed by atoms with Crippen LogP contribution < -0.4 is 16.4 Å². The maximum Gasteiger partial charge on any atom is 0.404 e. The van der Waals surface area contributed by atoms with Gasteiger partial charge < -0.3 is 21.5 Å². The molecule has 0 bridgehead atoms. The van der Waals surface area contributed by atoms with E-state index in [0.717, 1.165) is 12.8 Å². The molecule has 0 aromatic heterocycles. The van der Waals surface area contributed by atoms with Crippen LogP contribution in [0.15, 0.2) is 0 Å². The summed E-state index contributed by atoms with van der Waals surface area (Å²) in [6, 6.07) is -0.207. The molecule has 0 aliphatic heterocycles. The summed E-state index contributed by atoms with van der Waals surface area (Å²) in [4.78, 5) is 21.5. The van der Waals surface area contributed by atoms with Gasteiger partial charge in [0.1, 0.15) is 0 Å². The second-order valence-corrected chi connectivity index (χ2v) is 3.76. The minimum absolute atomic E-state index is 0.132. The van der Waals surface area contributed by atoms with Gasteiger partial charge in [-0.3, -0.25) is 4.79 Å². The Kier molecular flexibility index (Phi) is 4.36. The van der Waals surface area contributed by atoms with Gasteiger partial charge in [0.15, 0.2) is 0 Å². The average molecular weight is 215 g/mol. The Morgan fingerprint density at radius 2 is 2.13 bits per heavy atom. The SMILES string of the molecule is NC(CCCNC(=O)O)C(=O)NC1CC1. The molecule has 1 rings (SSSR count). The molecule has 0 saturated heterocycles. The van der Waals surface area contributed by atoms with E-state index in [4.69, 9.17) is 10.8 Å². The van der Waals surface area contributed by atoms with Gasteiger partial charge >= 0.3 is 6.09 Å². The molecule has 1 atom stereocenters. The highest BCUT2D eigenvalue weighted by atomic mass is 16.4. The molecule has 6 heteroatoms. The smallest absolute Gasteiger partial charge is 0.404 e. The fraction of sp³-hybridized carbons (Fsp3) is 0.778. The molecule has 1 aliphatic rings. The third-order valence-electron chi connectivity index (χ3n) is 2.23. The highest BCUT2D eigenvalue weighted by Gasteiger charge is 2.25. The fourth-order valence-corrected chi connectivity index (χ4v) is 1.18. The van der Waals surface area contributed by atoms with E-state index in [0.29, 0.717) is 25.4 Å². The normalized spacial score (nSPS) is 16.9. The first-order valence-electron chi connectivity index (χ1n) is 5.12. The van der Waals surface area contributed by atoms with E-state index in [1.165, 1.54) is 0 Å². The van der Waals surface area contributed by atoms with Crippen molar-refractivity contribution in [1.29, 1.82) is 0 Å². The van der Waals surface area contributed by atoms with Crippen LogP contribution in [0.3, 0.4) is 0 Å². The van der Waals surface area contributed by atoms with Crippen LogP contribution in [0.25, 0.3) is 0 Å². The Balaban J connectivity index is 2.03. The van der Waals surface area contributed by atoms with Crippen LogP contribution in [0.5, 0.6) is 0 Å². The first-order valence-corrected chi connectivity index (χ1v) is 5.12. The van der Waals surface area contributed by atoms with Crippen molar-refractivity contribution in [3.05, 3.63) is 0 Å². The quantitative estimate of drug-likeness (QED) is 0.454. The number of carbonyl (C=O) groups excluding carboxylic acids is 1. The van der Waals surface area contributed by atoms with Gasteiger partial charge in [0.2, 0.25) is 5.91 Å². The van der Waals surface area contributed by atoms with Gasteiger partial charge in [-0.15, -0.1) is 0 Å². The predicted molar refractivity (Wildman–Crippen MR) is 54.4 cm³/mol. The Morgan fingerprint density at radius 3 is 2.67 bits per heavy atom. The van der Waals surface area contributed by atoms with Crippen molar-refractivity contribution in [2.45, 2.75) is 37.8 Å². The molecule has 1 fully saturated rings. The summed E-state index contributed by atoms with van der Waals surface area (Å²) in [7, 11) is 0. The molecule has 6 nitrogen and oxygen atoms in total. The molecule has 0 heterocycles. The van der Waals surface area contributed by atoms with Crippen molar-refractivity contribution < 1.29 is 14.7 Å². The summed E-state index contributed by atoms with van der Waals surface area (Å²) in [5.74, 6) is -0.132. The van der Waals surface area contributed by atoms with Crippen molar-refractivity contribution in [3.63, 3.8) is 0 Å². The number of hydrogen-bond donors (Lipinski definition) is 4. The molecule has 0 spiro atoms. The number of rotatable bonds is 6. The molecule has 86 valence electrons. The minimum Gasteiger partial charge on any atom is -0.465 e. The first-order chi connectivity index (χ1) is 7.09. The maximum atomic E-state index is 11.3. The van der Waals surface area contributed by atoms with Gasteiger partial charge in [-0.2, -0.15) is 0 Å². The van der Waals surface area contributed by atoms with Crippen LogP contribution in [-0.2, 0) is 4.79 Å². The summed E-state index contributed by atoms with van der Waals surface area (Å²) in [5, 5.41) is 13.3. The molecule has 15 heavy (non-hydrogen) atoms. The van der Waals surface area contributed by atoms with E-state index in [9.17, 15) is 9.59 Å². The summed E-state index contributed by atoms with van der Waals surface area (Å²) >= 11 is 0. The third-order valence-corrected chi connectivity index (χ3v) is 2.23. The van der Waals surface area contributed by atoms with Crippen LogP contribution in [-0.4, -0.2) is 35.7 Å². The molecular formula is C9H17N3O3. The summed E-state index contributed by atoms with van der Waals surface area (Å²) < 4.78 is 0. The largest absolute Gasteiger partial charge is 0.465 e. The van der Waals surface area contributed by atoms with Crippen LogP contribution in [0.2, 0.25) is 0 Å². The van der Waals surface area contributed by atoms with Crippen molar-refractivity contribution in [3.8, 4) is 0 Å². The van der Waals surface area contributed by atoms with Crippen molar-refractivity contribution in [2.75, 3.05) is 6.54 Å². The Bertz CT molecular complexity index is 241. The summed E-state index contributed by atoms with van der Waals surface area (Å²) in [6.07, 6.45) is 2.11.